The molecule has 8 heteroatoms. The van der Waals surface area contributed by atoms with Crippen molar-refractivity contribution in [2.75, 3.05) is 30.8 Å². The lowest BCUT2D eigenvalue weighted by Gasteiger charge is -2.40. The summed E-state index contributed by atoms with van der Waals surface area (Å²) in [7, 11) is 1.63. The maximum Gasteiger partial charge on any atom is 0.322 e. The number of carbonyl (C=O) groups excluding carboxylic acids is 2. The molecule has 2 aromatic carbocycles. The molecule has 3 amide bonds. The third-order valence-electron chi connectivity index (χ3n) is 7.55. The predicted octanol–water partition coefficient (Wildman–Crippen LogP) is 4.21. The van der Waals surface area contributed by atoms with E-state index in [0.29, 0.717) is 6.54 Å². The van der Waals surface area contributed by atoms with Gasteiger partial charge in [-0.2, -0.15) is 0 Å². The van der Waals surface area contributed by atoms with E-state index in [1.54, 1.807) is 7.11 Å². The molecule has 0 radical (unpaired) electrons. The summed E-state index contributed by atoms with van der Waals surface area (Å²) < 4.78 is 11.5. The highest BCUT2D eigenvalue weighted by molar-refractivity contribution is 5.95. The van der Waals surface area contributed by atoms with E-state index in [2.05, 4.69) is 28.9 Å². The van der Waals surface area contributed by atoms with Gasteiger partial charge in [-0.05, 0) is 62.8 Å². The standard InChI is InChI=1S/C27H34N4O4/c1-16-5-11-23(35-21-13-28-14-21)25-22(16)15-31(27(33)30-25)20-9-6-18(7-10-20)26(32)29-19-8-4-17(2)24(12-19)34-3/h4-5,8,11-12,18,20-21,28H,6-7,9-10,13-15H2,1-3H3,(H,29,32)(H,30,33). The summed E-state index contributed by atoms with van der Waals surface area (Å²) in [5.41, 5.74) is 4.84. The number of methoxy groups -OCH3 is 1. The second kappa shape index (κ2) is 9.77. The molecule has 3 N–H and O–H groups in total. The fraction of sp³-hybridized carbons (Fsp3) is 0.481. The predicted molar refractivity (Wildman–Crippen MR) is 135 cm³/mol. The summed E-state index contributed by atoms with van der Waals surface area (Å²) >= 11 is 0. The van der Waals surface area contributed by atoms with Gasteiger partial charge >= 0.3 is 6.03 Å². The molecule has 0 unspecified atom stereocenters. The molecule has 2 fully saturated rings. The van der Waals surface area contributed by atoms with Gasteiger partial charge in [-0.1, -0.05) is 12.1 Å². The highest BCUT2D eigenvalue weighted by Gasteiger charge is 2.36. The smallest absolute Gasteiger partial charge is 0.322 e. The number of nitrogens with one attached hydrogen (secondary N) is 3. The SMILES string of the molecule is COc1cc(NC(=O)C2CCC(N3Cc4c(C)ccc(OC5CNC5)c4NC3=O)CC2)ccc1C. The van der Waals surface area contributed by atoms with E-state index in [-0.39, 0.29) is 30.0 Å². The van der Waals surface area contributed by atoms with E-state index >= 15 is 0 Å². The van der Waals surface area contributed by atoms with Crippen LogP contribution in [0.4, 0.5) is 16.2 Å². The average molecular weight is 479 g/mol. The zero-order valence-corrected chi connectivity index (χ0v) is 20.6. The summed E-state index contributed by atoms with van der Waals surface area (Å²) in [4.78, 5) is 27.9. The quantitative estimate of drug-likeness (QED) is 0.579. The molecular formula is C27H34N4O4. The van der Waals surface area contributed by atoms with Gasteiger partial charge in [-0.3, -0.25) is 4.79 Å². The van der Waals surface area contributed by atoms with Crippen LogP contribution in [0.1, 0.15) is 42.4 Å². The highest BCUT2D eigenvalue weighted by atomic mass is 16.5. The number of carbonyl (C=O) groups is 2. The van der Waals surface area contributed by atoms with Gasteiger partial charge in [-0.15, -0.1) is 0 Å². The number of anilines is 2. The van der Waals surface area contributed by atoms with Crippen LogP contribution in [0.15, 0.2) is 30.3 Å². The van der Waals surface area contributed by atoms with Gasteiger partial charge < -0.3 is 30.3 Å². The normalized spacial score (nSPS) is 22.0. The minimum Gasteiger partial charge on any atom is -0.496 e. The number of urea groups is 1. The number of hydrogen-bond donors (Lipinski definition) is 3. The van der Waals surface area contributed by atoms with E-state index in [1.165, 1.54) is 0 Å². The molecule has 8 nitrogen and oxygen atoms in total. The van der Waals surface area contributed by atoms with Crippen molar-refractivity contribution >= 4 is 23.3 Å². The lowest BCUT2D eigenvalue weighted by atomic mass is 9.84. The number of ether oxygens (including phenoxy) is 2. The Kier molecular flexibility index (Phi) is 6.56. The molecule has 0 atom stereocenters. The summed E-state index contributed by atoms with van der Waals surface area (Å²) in [5.74, 6) is 1.48. The maximum atomic E-state index is 13.1. The van der Waals surface area contributed by atoms with E-state index in [9.17, 15) is 9.59 Å². The van der Waals surface area contributed by atoms with E-state index in [0.717, 1.165) is 78.3 Å². The molecule has 5 rings (SSSR count). The van der Waals surface area contributed by atoms with E-state index < -0.39 is 0 Å². The topological polar surface area (TPSA) is 91.9 Å². The van der Waals surface area contributed by atoms with Crippen molar-refractivity contribution in [2.24, 2.45) is 5.92 Å². The molecule has 0 bridgehead atoms. The Morgan fingerprint density at radius 3 is 2.46 bits per heavy atom. The number of hydrogen-bond acceptors (Lipinski definition) is 5. The largest absolute Gasteiger partial charge is 0.496 e. The summed E-state index contributed by atoms with van der Waals surface area (Å²) in [6.45, 7) is 6.28. The van der Waals surface area contributed by atoms with Crippen molar-refractivity contribution in [2.45, 2.75) is 58.2 Å². The van der Waals surface area contributed by atoms with Crippen molar-refractivity contribution in [3.05, 3.63) is 47.0 Å². The summed E-state index contributed by atoms with van der Waals surface area (Å²) in [5, 5.41) is 9.35. The van der Waals surface area contributed by atoms with Crippen LogP contribution in [0, 0.1) is 19.8 Å². The zero-order chi connectivity index (χ0) is 24.5. The number of rotatable bonds is 6. The van der Waals surface area contributed by atoms with E-state index in [1.807, 2.05) is 36.1 Å². The lowest BCUT2D eigenvalue weighted by Crippen LogP contribution is -2.51. The van der Waals surface area contributed by atoms with Crippen molar-refractivity contribution in [3.63, 3.8) is 0 Å². The minimum absolute atomic E-state index is 0.0333. The van der Waals surface area contributed by atoms with Crippen LogP contribution in [0.25, 0.3) is 0 Å². The first-order valence-electron chi connectivity index (χ1n) is 12.5. The zero-order valence-electron chi connectivity index (χ0n) is 20.6. The minimum atomic E-state index is -0.0839. The molecule has 35 heavy (non-hydrogen) atoms. The maximum absolute atomic E-state index is 13.1. The van der Waals surface area contributed by atoms with Crippen LogP contribution >= 0.6 is 0 Å². The molecule has 2 aliphatic heterocycles. The number of fused-ring (bicyclic) bond motifs is 1. The Hall–Kier alpha value is -3.26. The summed E-state index contributed by atoms with van der Waals surface area (Å²) in [6.07, 6.45) is 3.28. The highest BCUT2D eigenvalue weighted by Crippen LogP contribution is 2.39. The van der Waals surface area contributed by atoms with E-state index in [4.69, 9.17) is 9.47 Å². The second-order valence-corrected chi connectivity index (χ2v) is 9.87. The van der Waals surface area contributed by atoms with Crippen molar-refractivity contribution < 1.29 is 19.1 Å². The first-order valence-corrected chi connectivity index (χ1v) is 12.5. The van der Waals surface area contributed by atoms with Crippen molar-refractivity contribution in [1.29, 1.82) is 0 Å². The van der Waals surface area contributed by atoms with Gasteiger partial charge in [0.2, 0.25) is 5.91 Å². The number of nitrogens with zero attached hydrogens (tertiary/aromatic N) is 1. The fourth-order valence-electron chi connectivity index (χ4n) is 5.20. The molecule has 186 valence electrons. The second-order valence-electron chi connectivity index (χ2n) is 9.87. The van der Waals surface area contributed by atoms with Gasteiger partial charge in [0, 0.05) is 42.4 Å². The molecular weight excluding hydrogens is 444 g/mol. The summed E-state index contributed by atoms with van der Waals surface area (Å²) in [6, 6.07) is 9.76. The monoisotopic (exact) mass is 478 g/mol. The van der Waals surface area contributed by atoms with Crippen LogP contribution in [0.3, 0.4) is 0 Å². The van der Waals surface area contributed by atoms with Gasteiger partial charge in [0.25, 0.3) is 0 Å². The van der Waals surface area contributed by atoms with Gasteiger partial charge in [0.1, 0.15) is 17.6 Å². The first-order chi connectivity index (χ1) is 16.9. The van der Waals surface area contributed by atoms with Crippen LogP contribution < -0.4 is 25.4 Å². The third kappa shape index (κ3) is 4.80. The van der Waals surface area contributed by atoms with Gasteiger partial charge in [-0.25, -0.2) is 4.79 Å². The fourth-order valence-corrected chi connectivity index (χ4v) is 5.20. The molecule has 1 saturated heterocycles. The Balaban J connectivity index is 1.21. The lowest BCUT2D eigenvalue weighted by molar-refractivity contribution is -0.121. The van der Waals surface area contributed by atoms with Gasteiger partial charge in [0.15, 0.2) is 0 Å². The molecule has 1 aliphatic carbocycles. The molecule has 2 aromatic rings. The Morgan fingerprint density at radius 1 is 1.03 bits per heavy atom. The molecule has 0 aromatic heterocycles. The first kappa shape index (κ1) is 23.5. The Labute approximate surface area is 206 Å². The van der Waals surface area contributed by atoms with Crippen LogP contribution in [0.5, 0.6) is 11.5 Å². The van der Waals surface area contributed by atoms with Crippen molar-refractivity contribution in [1.82, 2.24) is 10.2 Å². The van der Waals surface area contributed by atoms with Crippen molar-refractivity contribution in [3.8, 4) is 11.5 Å². The molecule has 0 spiro atoms. The Morgan fingerprint density at radius 2 is 1.77 bits per heavy atom. The van der Waals surface area contributed by atoms with Crippen LogP contribution in [0.2, 0.25) is 0 Å². The number of amides is 3. The average Bonchev–Trinajstić information content (AvgIpc) is 2.83. The molecule has 3 aliphatic rings. The van der Waals surface area contributed by atoms with Crippen LogP contribution in [-0.4, -0.2) is 49.2 Å². The van der Waals surface area contributed by atoms with Crippen LogP contribution in [-0.2, 0) is 11.3 Å². The third-order valence-corrected chi connectivity index (χ3v) is 7.55. The molecule has 2 heterocycles. The Bertz CT molecular complexity index is 1120. The molecule has 1 saturated carbocycles. The number of aryl methyl sites for hydroxylation is 2. The van der Waals surface area contributed by atoms with Gasteiger partial charge in [0.05, 0.1) is 19.3 Å². The number of benzene rings is 2.